The Morgan fingerprint density at radius 3 is 2.57 bits per heavy atom. The largest absolute Gasteiger partial charge is 0.268 e. The summed E-state index contributed by atoms with van der Waals surface area (Å²) in [4.78, 5) is 4.40. The average Bonchev–Trinajstić information content (AvgIpc) is 3.37. The monoisotopic (exact) mass is 385 g/mol. The van der Waals surface area contributed by atoms with E-state index < -0.39 is 0 Å². The van der Waals surface area contributed by atoms with Crippen molar-refractivity contribution in [2.45, 2.75) is 6.54 Å². The predicted molar refractivity (Wildman–Crippen MR) is 111 cm³/mol. The molecule has 136 valence electrons. The van der Waals surface area contributed by atoms with Crippen LogP contribution < -0.4 is 0 Å². The Balaban J connectivity index is 1.46. The molecular weight excluding hydrogens is 370 g/mol. The summed E-state index contributed by atoms with van der Waals surface area (Å²) in [6, 6.07) is 17.9. The van der Waals surface area contributed by atoms with Crippen LogP contribution in [0.5, 0.6) is 0 Å². The molecule has 0 fully saturated rings. The molecule has 28 heavy (non-hydrogen) atoms. The van der Waals surface area contributed by atoms with Gasteiger partial charge in [0, 0.05) is 40.1 Å². The van der Waals surface area contributed by atoms with Gasteiger partial charge in [0.15, 0.2) is 0 Å². The van der Waals surface area contributed by atoms with Gasteiger partial charge in [-0.15, -0.1) is 0 Å². The first-order chi connectivity index (χ1) is 13.8. The average molecular weight is 386 g/mol. The minimum Gasteiger partial charge on any atom is -0.268 e. The van der Waals surface area contributed by atoms with E-state index in [1.165, 1.54) is 5.56 Å². The summed E-state index contributed by atoms with van der Waals surface area (Å²) in [5, 5.41) is 10.7. The van der Waals surface area contributed by atoms with Crippen LogP contribution in [0.3, 0.4) is 0 Å². The van der Waals surface area contributed by atoms with Crippen molar-refractivity contribution < 1.29 is 0 Å². The maximum Gasteiger partial charge on any atom is 0.0755 e. The molecule has 0 N–H and O–H groups in total. The Bertz CT molecular complexity index is 1260. The SMILES string of the molecule is Clc1ccc2c(-n3cc(-c4cnn(Cc5ccccc5)c4)cn3)ccnc2c1. The molecule has 0 atom stereocenters. The molecule has 0 saturated carbocycles. The molecule has 5 nitrogen and oxygen atoms in total. The minimum atomic E-state index is 0.670. The Morgan fingerprint density at radius 1 is 0.857 bits per heavy atom. The molecule has 0 unspecified atom stereocenters. The smallest absolute Gasteiger partial charge is 0.0755 e. The van der Waals surface area contributed by atoms with Crippen LogP contribution in [0.2, 0.25) is 5.02 Å². The van der Waals surface area contributed by atoms with E-state index in [2.05, 4.69) is 27.3 Å². The molecule has 0 aliphatic carbocycles. The number of rotatable bonds is 4. The fourth-order valence-electron chi connectivity index (χ4n) is 3.28. The lowest BCUT2D eigenvalue weighted by atomic mass is 10.2. The lowest BCUT2D eigenvalue weighted by Crippen LogP contribution is -1.99. The van der Waals surface area contributed by atoms with Crippen LogP contribution in [0.15, 0.2) is 85.6 Å². The Kier molecular flexibility index (Phi) is 4.14. The fourth-order valence-corrected chi connectivity index (χ4v) is 3.45. The summed E-state index contributed by atoms with van der Waals surface area (Å²) >= 11 is 6.09. The van der Waals surface area contributed by atoms with E-state index in [9.17, 15) is 0 Å². The van der Waals surface area contributed by atoms with E-state index in [0.29, 0.717) is 5.02 Å². The minimum absolute atomic E-state index is 0.670. The quantitative estimate of drug-likeness (QED) is 0.438. The van der Waals surface area contributed by atoms with Gasteiger partial charge in [-0.3, -0.25) is 9.67 Å². The number of halogens is 1. The highest BCUT2D eigenvalue weighted by Gasteiger charge is 2.09. The molecule has 0 aliphatic rings. The molecule has 0 radical (unpaired) electrons. The molecule has 5 aromatic rings. The first-order valence-corrected chi connectivity index (χ1v) is 9.30. The first-order valence-electron chi connectivity index (χ1n) is 8.92. The molecular formula is C22H16ClN5. The molecule has 0 saturated heterocycles. The van der Waals surface area contributed by atoms with Crippen LogP contribution >= 0.6 is 11.6 Å². The van der Waals surface area contributed by atoms with Gasteiger partial charge in [0.1, 0.15) is 0 Å². The van der Waals surface area contributed by atoms with Crippen molar-refractivity contribution in [1.82, 2.24) is 24.5 Å². The first kappa shape index (κ1) is 16.7. The number of benzene rings is 2. The van der Waals surface area contributed by atoms with Crippen molar-refractivity contribution in [2.24, 2.45) is 0 Å². The number of nitrogens with zero attached hydrogens (tertiary/aromatic N) is 5. The molecule has 0 amide bonds. The molecule has 0 spiro atoms. The van der Waals surface area contributed by atoms with Crippen LogP contribution in [0.4, 0.5) is 0 Å². The molecule has 6 heteroatoms. The summed E-state index contributed by atoms with van der Waals surface area (Å²) < 4.78 is 3.80. The fraction of sp³-hybridized carbons (Fsp3) is 0.0455. The maximum atomic E-state index is 6.09. The zero-order valence-electron chi connectivity index (χ0n) is 14.9. The van der Waals surface area contributed by atoms with Crippen LogP contribution in [0.25, 0.3) is 27.7 Å². The second kappa shape index (κ2) is 6.94. The Morgan fingerprint density at radius 2 is 1.68 bits per heavy atom. The lowest BCUT2D eigenvalue weighted by molar-refractivity contribution is 0.687. The summed E-state index contributed by atoms with van der Waals surface area (Å²) in [5.41, 5.74) is 5.07. The second-order valence-electron chi connectivity index (χ2n) is 6.58. The highest BCUT2D eigenvalue weighted by Crippen LogP contribution is 2.25. The number of hydrogen-bond donors (Lipinski definition) is 0. The number of fused-ring (bicyclic) bond motifs is 1. The third-order valence-electron chi connectivity index (χ3n) is 4.67. The normalized spacial score (nSPS) is 11.2. The Hall–Kier alpha value is -3.44. The van der Waals surface area contributed by atoms with Crippen LogP contribution in [-0.2, 0) is 6.54 Å². The third-order valence-corrected chi connectivity index (χ3v) is 4.90. The zero-order chi connectivity index (χ0) is 18.9. The molecule has 3 heterocycles. The van der Waals surface area contributed by atoms with Gasteiger partial charge in [0.05, 0.1) is 30.1 Å². The maximum absolute atomic E-state index is 6.09. The lowest BCUT2D eigenvalue weighted by Gasteiger charge is -2.06. The molecule has 5 rings (SSSR count). The number of hydrogen-bond acceptors (Lipinski definition) is 3. The standard InChI is InChI=1S/C22H16ClN5/c23-19-6-7-20-21(10-19)24-9-8-22(20)28-15-18(12-26-28)17-11-25-27(14-17)13-16-4-2-1-3-5-16/h1-12,14-15H,13H2. The highest BCUT2D eigenvalue weighted by molar-refractivity contribution is 6.31. The predicted octanol–water partition coefficient (Wildman–Crippen LogP) is 4.99. The molecule has 3 aromatic heterocycles. The summed E-state index contributed by atoms with van der Waals surface area (Å²) in [6.45, 7) is 0.741. The summed E-state index contributed by atoms with van der Waals surface area (Å²) in [6.07, 6.45) is 9.54. The zero-order valence-corrected chi connectivity index (χ0v) is 15.7. The second-order valence-corrected chi connectivity index (χ2v) is 7.01. The van der Waals surface area contributed by atoms with E-state index in [4.69, 9.17) is 11.6 Å². The van der Waals surface area contributed by atoms with Crippen molar-refractivity contribution in [1.29, 1.82) is 0 Å². The number of pyridine rings is 1. The van der Waals surface area contributed by atoms with Gasteiger partial charge in [-0.05, 0) is 29.8 Å². The molecule has 0 aliphatic heterocycles. The van der Waals surface area contributed by atoms with E-state index in [1.807, 2.05) is 76.6 Å². The molecule has 2 aromatic carbocycles. The summed E-state index contributed by atoms with van der Waals surface area (Å²) in [7, 11) is 0. The third kappa shape index (κ3) is 3.17. The van der Waals surface area contributed by atoms with Crippen molar-refractivity contribution in [3.8, 4) is 16.8 Å². The van der Waals surface area contributed by atoms with E-state index >= 15 is 0 Å². The van der Waals surface area contributed by atoms with E-state index in [1.54, 1.807) is 6.20 Å². The topological polar surface area (TPSA) is 48.5 Å². The van der Waals surface area contributed by atoms with Gasteiger partial charge in [0.25, 0.3) is 0 Å². The van der Waals surface area contributed by atoms with Crippen LogP contribution in [0.1, 0.15) is 5.56 Å². The van der Waals surface area contributed by atoms with Gasteiger partial charge >= 0.3 is 0 Å². The van der Waals surface area contributed by atoms with E-state index in [0.717, 1.165) is 34.3 Å². The van der Waals surface area contributed by atoms with Crippen molar-refractivity contribution in [3.05, 3.63) is 96.2 Å². The van der Waals surface area contributed by atoms with Gasteiger partial charge in [-0.25, -0.2) is 4.68 Å². The van der Waals surface area contributed by atoms with Gasteiger partial charge in [0.2, 0.25) is 0 Å². The highest BCUT2D eigenvalue weighted by atomic mass is 35.5. The summed E-state index contributed by atoms with van der Waals surface area (Å²) in [5.74, 6) is 0. The van der Waals surface area contributed by atoms with Crippen molar-refractivity contribution >= 4 is 22.5 Å². The Labute approximate surface area is 166 Å². The number of aromatic nitrogens is 5. The van der Waals surface area contributed by atoms with Crippen LogP contribution in [-0.4, -0.2) is 24.5 Å². The molecule has 0 bridgehead atoms. The van der Waals surface area contributed by atoms with E-state index in [-0.39, 0.29) is 0 Å². The van der Waals surface area contributed by atoms with Gasteiger partial charge in [-0.2, -0.15) is 10.2 Å². The van der Waals surface area contributed by atoms with Gasteiger partial charge < -0.3 is 0 Å². The van der Waals surface area contributed by atoms with Crippen molar-refractivity contribution in [2.75, 3.05) is 0 Å². The van der Waals surface area contributed by atoms with Crippen molar-refractivity contribution in [3.63, 3.8) is 0 Å². The van der Waals surface area contributed by atoms with Crippen LogP contribution in [0, 0.1) is 0 Å². The van der Waals surface area contributed by atoms with Gasteiger partial charge in [-0.1, -0.05) is 41.9 Å².